The molecule has 0 aromatic heterocycles. The van der Waals surface area contributed by atoms with Crippen molar-refractivity contribution in [2.24, 2.45) is 11.8 Å². The monoisotopic (exact) mass is 240 g/mol. The first-order valence-electron chi connectivity index (χ1n) is 6.31. The van der Waals surface area contributed by atoms with Crippen LogP contribution in [-0.2, 0) is 9.59 Å². The summed E-state index contributed by atoms with van der Waals surface area (Å²) in [5, 5.41) is 12.3. The van der Waals surface area contributed by atoms with Gasteiger partial charge in [0.25, 0.3) is 0 Å². The molecule has 5 nitrogen and oxygen atoms in total. The van der Waals surface area contributed by atoms with Gasteiger partial charge in [0.15, 0.2) is 0 Å². The van der Waals surface area contributed by atoms with E-state index in [4.69, 9.17) is 0 Å². The van der Waals surface area contributed by atoms with Crippen LogP contribution in [0.1, 0.15) is 26.2 Å². The molecule has 3 unspecified atom stereocenters. The predicted molar refractivity (Wildman–Crippen MR) is 62.1 cm³/mol. The van der Waals surface area contributed by atoms with Gasteiger partial charge in [0.2, 0.25) is 11.8 Å². The van der Waals surface area contributed by atoms with Crippen molar-refractivity contribution in [3.63, 3.8) is 0 Å². The van der Waals surface area contributed by atoms with Gasteiger partial charge in [0, 0.05) is 32.0 Å². The minimum Gasteiger partial charge on any atom is -0.393 e. The Bertz CT molecular complexity index is 317. The van der Waals surface area contributed by atoms with Crippen LogP contribution in [0.15, 0.2) is 0 Å². The second kappa shape index (κ2) is 5.04. The van der Waals surface area contributed by atoms with Crippen LogP contribution in [0.25, 0.3) is 0 Å². The summed E-state index contributed by atoms with van der Waals surface area (Å²) in [5.41, 5.74) is 0. The number of aliphatic hydroxyl groups is 1. The van der Waals surface area contributed by atoms with E-state index < -0.39 is 0 Å². The molecule has 0 aliphatic carbocycles. The Labute approximate surface area is 101 Å². The minimum atomic E-state index is -0.367. The molecule has 0 aromatic carbocycles. The quantitative estimate of drug-likeness (QED) is 0.699. The molecule has 2 amide bonds. The van der Waals surface area contributed by atoms with Crippen molar-refractivity contribution in [1.82, 2.24) is 10.2 Å². The van der Waals surface area contributed by atoms with Gasteiger partial charge in [-0.25, -0.2) is 0 Å². The molecule has 2 saturated heterocycles. The number of aliphatic hydroxyl groups excluding tert-OH is 1. The van der Waals surface area contributed by atoms with Gasteiger partial charge in [0.1, 0.15) is 0 Å². The van der Waals surface area contributed by atoms with E-state index >= 15 is 0 Å². The van der Waals surface area contributed by atoms with Crippen molar-refractivity contribution in [2.45, 2.75) is 32.3 Å². The van der Waals surface area contributed by atoms with Gasteiger partial charge in [0.05, 0.1) is 12.0 Å². The number of hydrogen-bond donors (Lipinski definition) is 2. The summed E-state index contributed by atoms with van der Waals surface area (Å²) in [5.74, 6) is 0.00847. The summed E-state index contributed by atoms with van der Waals surface area (Å²) in [6.07, 6.45) is 1.86. The Hall–Kier alpha value is -1.10. The molecular formula is C12H20N2O3. The molecule has 5 heteroatoms. The van der Waals surface area contributed by atoms with E-state index in [9.17, 15) is 14.7 Å². The number of carbonyl (C=O) groups is 2. The van der Waals surface area contributed by atoms with Gasteiger partial charge in [-0.3, -0.25) is 9.59 Å². The molecule has 0 spiro atoms. The third-order valence-corrected chi connectivity index (χ3v) is 3.78. The number of amides is 2. The maximum absolute atomic E-state index is 12.2. The first-order chi connectivity index (χ1) is 8.08. The number of hydrogen-bond acceptors (Lipinski definition) is 3. The first kappa shape index (κ1) is 12.4. The summed E-state index contributed by atoms with van der Waals surface area (Å²) in [6.45, 7) is 3.63. The van der Waals surface area contributed by atoms with Crippen molar-refractivity contribution in [1.29, 1.82) is 0 Å². The van der Waals surface area contributed by atoms with E-state index in [2.05, 4.69) is 5.32 Å². The highest BCUT2D eigenvalue weighted by Gasteiger charge is 2.34. The summed E-state index contributed by atoms with van der Waals surface area (Å²) < 4.78 is 0. The second-order valence-electron chi connectivity index (χ2n) is 5.13. The van der Waals surface area contributed by atoms with Crippen LogP contribution >= 0.6 is 0 Å². The molecular weight excluding hydrogens is 220 g/mol. The molecule has 2 heterocycles. The predicted octanol–water partition coefficient (Wildman–Crippen LogP) is -0.258. The maximum atomic E-state index is 12.2. The first-order valence-corrected chi connectivity index (χ1v) is 6.31. The van der Waals surface area contributed by atoms with Crippen molar-refractivity contribution in [3.05, 3.63) is 0 Å². The molecule has 96 valence electrons. The van der Waals surface area contributed by atoms with Gasteiger partial charge in [-0.2, -0.15) is 0 Å². The SMILES string of the molecule is CC(O)C1CCCN(C(=O)C2CNC(=O)C2)C1. The highest BCUT2D eigenvalue weighted by atomic mass is 16.3. The number of rotatable bonds is 2. The number of nitrogens with one attached hydrogen (secondary N) is 1. The van der Waals surface area contributed by atoms with Crippen LogP contribution in [0.2, 0.25) is 0 Å². The number of nitrogens with zero attached hydrogens (tertiary/aromatic N) is 1. The zero-order chi connectivity index (χ0) is 12.4. The van der Waals surface area contributed by atoms with Crippen molar-refractivity contribution < 1.29 is 14.7 Å². The molecule has 3 atom stereocenters. The van der Waals surface area contributed by atoms with E-state index in [0.717, 1.165) is 19.4 Å². The summed E-state index contributed by atoms with van der Waals surface area (Å²) in [4.78, 5) is 25.1. The lowest BCUT2D eigenvalue weighted by Crippen LogP contribution is -2.45. The van der Waals surface area contributed by atoms with Crippen molar-refractivity contribution in [3.8, 4) is 0 Å². The lowest BCUT2D eigenvalue weighted by Gasteiger charge is -2.35. The standard InChI is InChI=1S/C12H20N2O3/c1-8(15)9-3-2-4-14(7-9)12(17)10-5-11(16)13-6-10/h8-10,15H,2-7H2,1H3,(H,13,16). The number of likely N-dealkylation sites (tertiary alicyclic amines) is 1. The molecule has 0 saturated carbocycles. The van der Waals surface area contributed by atoms with Gasteiger partial charge in [-0.1, -0.05) is 0 Å². The van der Waals surface area contributed by atoms with Gasteiger partial charge in [-0.05, 0) is 19.8 Å². The smallest absolute Gasteiger partial charge is 0.227 e. The van der Waals surface area contributed by atoms with Gasteiger partial charge in [-0.15, -0.1) is 0 Å². The van der Waals surface area contributed by atoms with Crippen LogP contribution in [-0.4, -0.2) is 47.6 Å². The average Bonchev–Trinajstić information content (AvgIpc) is 2.75. The fourth-order valence-electron chi connectivity index (χ4n) is 2.64. The normalized spacial score (nSPS) is 31.2. The molecule has 0 aromatic rings. The average molecular weight is 240 g/mol. The molecule has 0 bridgehead atoms. The Morgan fingerprint density at radius 3 is 2.94 bits per heavy atom. The van der Waals surface area contributed by atoms with Crippen LogP contribution < -0.4 is 5.32 Å². The molecule has 2 fully saturated rings. The molecule has 17 heavy (non-hydrogen) atoms. The van der Waals surface area contributed by atoms with E-state index in [1.165, 1.54) is 0 Å². The fraction of sp³-hybridized carbons (Fsp3) is 0.833. The summed E-state index contributed by atoms with van der Waals surface area (Å²) >= 11 is 0. The number of piperidine rings is 1. The van der Waals surface area contributed by atoms with Crippen LogP contribution in [0.3, 0.4) is 0 Å². The van der Waals surface area contributed by atoms with Gasteiger partial charge >= 0.3 is 0 Å². The molecule has 0 radical (unpaired) electrons. The zero-order valence-electron chi connectivity index (χ0n) is 10.2. The lowest BCUT2D eigenvalue weighted by atomic mass is 9.92. The van der Waals surface area contributed by atoms with E-state index in [1.807, 2.05) is 4.90 Å². The summed E-state index contributed by atoms with van der Waals surface area (Å²) in [6, 6.07) is 0. The highest BCUT2D eigenvalue weighted by molar-refractivity contribution is 5.89. The van der Waals surface area contributed by atoms with Crippen molar-refractivity contribution in [2.75, 3.05) is 19.6 Å². The molecule has 2 rings (SSSR count). The third-order valence-electron chi connectivity index (χ3n) is 3.78. The Kier molecular flexibility index (Phi) is 3.66. The fourth-order valence-corrected chi connectivity index (χ4v) is 2.64. The van der Waals surface area contributed by atoms with Gasteiger partial charge < -0.3 is 15.3 Å². The minimum absolute atomic E-state index is 0.0348. The topological polar surface area (TPSA) is 69.6 Å². The van der Waals surface area contributed by atoms with Crippen LogP contribution in [0, 0.1) is 11.8 Å². The highest BCUT2D eigenvalue weighted by Crippen LogP contribution is 2.22. The van der Waals surface area contributed by atoms with E-state index in [0.29, 0.717) is 19.5 Å². The van der Waals surface area contributed by atoms with E-state index in [-0.39, 0.29) is 29.8 Å². The molecule has 2 N–H and O–H groups in total. The van der Waals surface area contributed by atoms with Crippen LogP contribution in [0.4, 0.5) is 0 Å². The summed E-state index contributed by atoms with van der Waals surface area (Å²) in [7, 11) is 0. The molecule has 2 aliphatic rings. The Morgan fingerprint density at radius 2 is 2.35 bits per heavy atom. The Morgan fingerprint density at radius 1 is 1.59 bits per heavy atom. The van der Waals surface area contributed by atoms with Crippen LogP contribution in [0.5, 0.6) is 0 Å². The zero-order valence-corrected chi connectivity index (χ0v) is 10.2. The van der Waals surface area contributed by atoms with E-state index in [1.54, 1.807) is 6.92 Å². The maximum Gasteiger partial charge on any atom is 0.227 e. The molecule has 2 aliphatic heterocycles. The number of carbonyl (C=O) groups excluding carboxylic acids is 2. The second-order valence-corrected chi connectivity index (χ2v) is 5.13. The Balaban J connectivity index is 1.93. The third kappa shape index (κ3) is 2.77. The largest absolute Gasteiger partial charge is 0.393 e. The van der Waals surface area contributed by atoms with Crippen molar-refractivity contribution >= 4 is 11.8 Å². The lowest BCUT2D eigenvalue weighted by molar-refractivity contribution is -0.138.